The normalized spacial score (nSPS) is 11.8. The molecule has 0 heterocycles. The predicted molar refractivity (Wildman–Crippen MR) is 124 cm³/mol. The number of aryl methyl sites for hydroxylation is 2. The standard InChI is InChI=1S/C28H26N/c1-21-9-17-27(18-10-21)29(28-19-11-22(2)12-20-28)23(3)24-13-15-26(16-14-24)25-7-5-4-6-8-25/h4-20,23H,3H2,1-2H3. The van der Waals surface area contributed by atoms with E-state index >= 15 is 0 Å². The highest BCUT2D eigenvalue weighted by molar-refractivity contribution is 5.67. The fraction of sp³-hybridized carbons (Fsp3) is 0.107. The van der Waals surface area contributed by atoms with Gasteiger partial charge in [-0.05, 0) is 61.7 Å². The van der Waals surface area contributed by atoms with Crippen LogP contribution in [0.15, 0.2) is 103 Å². The van der Waals surface area contributed by atoms with E-state index in [1.807, 2.05) is 6.07 Å². The molecule has 4 aromatic carbocycles. The zero-order valence-corrected chi connectivity index (χ0v) is 17.0. The number of rotatable bonds is 5. The minimum Gasteiger partial charge on any atom is -0.334 e. The van der Waals surface area contributed by atoms with Crippen molar-refractivity contribution in [3.63, 3.8) is 0 Å². The van der Waals surface area contributed by atoms with E-state index in [-0.39, 0.29) is 6.04 Å². The molecule has 0 aliphatic rings. The van der Waals surface area contributed by atoms with Crippen LogP contribution in [-0.2, 0) is 0 Å². The third kappa shape index (κ3) is 4.25. The molecule has 29 heavy (non-hydrogen) atoms. The van der Waals surface area contributed by atoms with Gasteiger partial charge in [-0.1, -0.05) is 90.0 Å². The van der Waals surface area contributed by atoms with Gasteiger partial charge in [0.25, 0.3) is 0 Å². The average Bonchev–Trinajstić information content (AvgIpc) is 2.77. The number of benzene rings is 4. The molecule has 0 aliphatic carbocycles. The highest BCUT2D eigenvalue weighted by atomic mass is 15.2. The molecule has 0 amide bonds. The van der Waals surface area contributed by atoms with Gasteiger partial charge in [0.05, 0.1) is 6.04 Å². The van der Waals surface area contributed by atoms with Crippen LogP contribution in [0.25, 0.3) is 11.1 Å². The topological polar surface area (TPSA) is 3.24 Å². The van der Waals surface area contributed by atoms with E-state index in [2.05, 4.69) is 123 Å². The van der Waals surface area contributed by atoms with Crippen molar-refractivity contribution in [3.05, 3.63) is 127 Å². The second kappa shape index (κ2) is 8.36. The maximum atomic E-state index is 4.53. The van der Waals surface area contributed by atoms with Crippen molar-refractivity contribution in [2.75, 3.05) is 4.90 Å². The van der Waals surface area contributed by atoms with E-state index in [4.69, 9.17) is 0 Å². The second-order valence-electron chi connectivity index (χ2n) is 7.54. The summed E-state index contributed by atoms with van der Waals surface area (Å²) in [6, 6.07) is 36.5. The maximum absolute atomic E-state index is 4.53. The van der Waals surface area contributed by atoms with Crippen LogP contribution < -0.4 is 4.90 Å². The summed E-state index contributed by atoms with van der Waals surface area (Å²) in [6.45, 7) is 8.76. The summed E-state index contributed by atoms with van der Waals surface area (Å²) in [4.78, 5) is 2.30. The van der Waals surface area contributed by atoms with Gasteiger partial charge in [-0.3, -0.25) is 0 Å². The van der Waals surface area contributed by atoms with E-state index in [0.717, 1.165) is 11.4 Å². The monoisotopic (exact) mass is 376 g/mol. The lowest BCUT2D eigenvalue weighted by atomic mass is 9.99. The Morgan fingerprint density at radius 2 is 1.00 bits per heavy atom. The van der Waals surface area contributed by atoms with Gasteiger partial charge >= 0.3 is 0 Å². The van der Waals surface area contributed by atoms with Crippen molar-refractivity contribution in [2.24, 2.45) is 0 Å². The number of nitrogens with zero attached hydrogens (tertiary/aromatic N) is 1. The highest BCUT2D eigenvalue weighted by Crippen LogP contribution is 2.35. The molecular formula is C28H26N. The van der Waals surface area contributed by atoms with Crippen LogP contribution in [0.4, 0.5) is 11.4 Å². The van der Waals surface area contributed by atoms with Gasteiger partial charge < -0.3 is 4.90 Å². The number of hydrogen-bond donors (Lipinski definition) is 0. The van der Waals surface area contributed by atoms with Gasteiger partial charge in [0, 0.05) is 11.4 Å². The van der Waals surface area contributed by atoms with Gasteiger partial charge in [0.2, 0.25) is 0 Å². The quantitative estimate of drug-likeness (QED) is 0.345. The summed E-state index contributed by atoms with van der Waals surface area (Å²) in [5, 5.41) is 0. The molecule has 1 radical (unpaired) electrons. The van der Waals surface area contributed by atoms with Crippen LogP contribution in [0.3, 0.4) is 0 Å². The molecule has 0 aromatic heterocycles. The van der Waals surface area contributed by atoms with E-state index in [1.54, 1.807) is 0 Å². The lowest BCUT2D eigenvalue weighted by Gasteiger charge is -2.32. The van der Waals surface area contributed by atoms with E-state index in [0.29, 0.717) is 0 Å². The van der Waals surface area contributed by atoms with Crippen LogP contribution in [0.5, 0.6) is 0 Å². The van der Waals surface area contributed by atoms with Gasteiger partial charge in [-0.2, -0.15) is 0 Å². The van der Waals surface area contributed by atoms with Crippen molar-refractivity contribution in [3.8, 4) is 11.1 Å². The fourth-order valence-corrected chi connectivity index (χ4v) is 3.60. The molecule has 0 fully saturated rings. The molecule has 0 aliphatic heterocycles. The molecule has 0 saturated carbocycles. The molecule has 143 valence electrons. The van der Waals surface area contributed by atoms with Crippen LogP contribution in [0, 0.1) is 20.8 Å². The van der Waals surface area contributed by atoms with Gasteiger partial charge in [0.15, 0.2) is 0 Å². The predicted octanol–water partition coefficient (Wildman–Crippen LogP) is 7.68. The summed E-state index contributed by atoms with van der Waals surface area (Å²) >= 11 is 0. The zero-order chi connectivity index (χ0) is 20.2. The van der Waals surface area contributed by atoms with E-state index in [9.17, 15) is 0 Å². The molecular weight excluding hydrogens is 350 g/mol. The zero-order valence-electron chi connectivity index (χ0n) is 17.0. The van der Waals surface area contributed by atoms with Crippen molar-refractivity contribution in [1.29, 1.82) is 0 Å². The second-order valence-corrected chi connectivity index (χ2v) is 7.54. The van der Waals surface area contributed by atoms with E-state index < -0.39 is 0 Å². The van der Waals surface area contributed by atoms with Crippen LogP contribution >= 0.6 is 0 Å². The van der Waals surface area contributed by atoms with E-state index in [1.165, 1.54) is 27.8 Å². The van der Waals surface area contributed by atoms with Crippen molar-refractivity contribution < 1.29 is 0 Å². The SMILES string of the molecule is [CH2]C(c1ccc(-c2ccccc2)cc1)N(c1ccc(C)cc1)c1ccc(C)cc1. The first-order valence-corrected chi connectivity index (χ1v) is 10.0. The minimum atomic E-state index is -0.0368. The Kier molecular flexibility index (Phi) is 5.48. The Labute approximate surface area is 174 Å². The molecule has 4 rings (SSSR count). The Morgan fingerprint density at radius 3 is 1.48 bits per heavy atom. The molecule has 0 spiro atoms. The van der Waals surface area contributed by atoms with Crippen LogP contribution in [-0.4, -0.2) is 0 Å². The summed E-state index contributed by atoms with van der Waals surface area (Å²) < 4.78 is 0. The molecule has 4 aromatic rings. The third-order valence-electron chi connectivity index (χ3n) is 5.34. The smallest absolute Gasteiger partial charge is 0.0592 e. The molecule has 1 heteroatoms. The molecule has 1 atom stereocenters. The summed E-state index contributed by atoms with van der Waals surface area (Å²) in [5.74, 6) is 0. The summed E-state index contributed by atoms with van der Waals surface area (Å²) in [6.07, 6.45) is 0. The summed E-state index contributed by atoms with van der Waals surface area (Å²) in [5.41, 5.74) is 8.44. The molecule has 1 nitrogen and oxygen atoms in total. The van der Waals surface area contributed by atoms with Gasteiger partial charge in [-0.15, -0.1) is 0 Å². The maximum Gasteiger partial charge on any atom is 0.0592 e. The third-order valence-corrected chi connectivity index (χ3v) is 5.34. The number of anilines is 2. The molecule has 0 bridgehead atoms. The Hall–Kier alpha value is -3.32. The first kappa shape index (κ1) is 19.0. The Bertz CT molecular complexity index is 1000. The van der Waals surface area contributed by atoms with Gasteiger partial charge in [-0.25, -0.2) is 0 Å². The average molecular weight is 377 g/mol. The van der Waals surface area contributed by atoms with Crippen molar-refractivity contribution in [1.82, 2.24) is 0 Å². The van der Waals surface area contributed by atoms with Crippen molar-refractivity contribution >= 4 is 11.4 Å². The fourth-order valence-electron chi connectivity index (χ4n) is 3.60. The first-order valence-electron chi connectivity index (χ1n) is 10.0. The Balaban J connectivity index is 1.70. The van der Waals surface area contributed by atoms with Crippen LogP contribution in [0.1, 0.15) is 22.7 Å². The summed E-state index contributed by atoms with van der Waals surface area (Å²) in [7, 11) is 0. The largest absolute Gasteiger partial charge is 0.334 e. The molecule has 1 unspecified atom stereocenters. The van der Waals surface area contributed by atoms with Crippen molar-refractivity contribution in [2.45, 2.75) is 19.9 Å². The van der Waals surface area contributed by atoms with Gasteiger partial charge in [0.1, 0.15) is 0 Å². The highest BCUT2D eigenvalue weighted by Gasteiger charge is 2.18. The number of hydrogen-bond acceptors (Lipinski definition) is 1. The molecule has 0 N–H and O–H groups in total. The first-order chi connectivity index (χ1) is 14.1. The minimum absolute atomic E-state index is 0.0368. The Morgan fingerprint density at radius 1 is 0.552 bits per heavy atom. The lowest BCUT2D eigenvalue weighted by molar-refractivity contribution is 0.847. The molecule has 0 saturated heterocycles. The van der Waals surface area contributed by atoms with Crippen LogP contribution in [0.2, 0.25) is 0 Å². The lowest BCUT2D eigenvalue weighted by Crippen LogP contribution is -2.21.